The molecule has 2 heterocycles. The zero-order chi connectivity index (χ0) is 16.5. The molecule has 3 aliphatic carbocycles. The van der Waals surface area contributed by atoms with Crippen molar-refractivity contribution in [3.05, 3.63) is 0 Å². The van der Waals surface area contributed by atoms with Gasteiger partial charge in [-0.1, -0.05) is 19.8 Å². The minimum atomic E-state index is 0.161. The molecule has 24 heavy (non-hydrogen) atoms. The Morgan fingerprint density at radius 2 is 1.75 bits per heavy atom. The Hall–Kier alpha value is -0.770. The second-order valence-electron chi connectivity index (χ2n) is 8.99. The monoisotopic (exact) mass is 334 g/mol. The lowest BCUT2D eigenvalue weighted by atomic mass is 9.68. The summed E-state index contributed by atoms with van der Waals surface area (Å²) in [4.78, 5) is 14.9. The van der Waals surface area contributed by atoms with Crippen LogP contribution >= 0.6 is 0 Å². The molecule has 0 aromatic carbocycles. The molecule has 4 bridgehead atoms. The van der Waals surface area contributed by atoms with E-state index >= 15 is 0 Å². The summed E-state index contributed by atoms with van der Waals surface area (Å²) in [5.74, 6) is 3.21. The molecule has 1 N–H and O–H groups in total. The molecule has 3 saturated carbocycles. The molecule has 2 saturated heterocycles. The van der Waals surface area contributed by atoms with Gasteiger partial charge in [-0.2, -0.15) is 0 Å². The van der Waals surface area contributed by atoms with E-state index in [1.807, 2.05) is 0 Å². The van der Waals surface area contributed by atoms with Gasteiger partial charge in [-0.3, -0.25) is 0 Å². The molecule has 5 fully saturated rings. The predicted molar refractivity (Wildman–Crippen MR) is 94.8 cm³/mol. The first-order valence-corrected chi connectivity index (χ1v) is 10.3. The van der Waals surface area contributed by atoms with E-state index in [-0.39, 0.29) is 6.03 Å². The van der Waals surface area contributed by atoms with Gasteiger partial charge in [-0.15, -0.1) is 0 Å². The molecule has 0 radical (unpaired) electrons. The number of hydrogen-bond donors (Lipinski definition) is 1. The number of rotatable bonds is 4. The summed E-state index contributed by atoms with van der Waals surface area (Å²) in [5.41, 5.74) is 0. The second-order valence-corrected chi connectivity index (χ2v) is 8.99. The number of carbonyl (C=O) groups is 1. The Balaban J connectivity index is 1.23. The fourth-order valence-corrected chi connectivity index (χ4v) is 6.03. The van der Waals surface area contributed by atoms with Crippen LogP contribution in [0.15, 0.2) is 0 Å². The Morgan fingerprint density at radius 1 is 1.04 bits per heavy atom. The highest BCUT2D eigenvalue weighted by Gasteiger charge is 2.43. The molecule has 0 aromatic rings. The van der Waals surface area contributed by atoms with Crippen molar-refractivity contribution in [1.29, 1.82) is 0 Å². The van der Waals surface area contributed by atoms with Gasteiger partial charge in [-0.25, -0.2) is 4.79 Å². The molecule has 4 nitrogen and oxygen atoms in total. The van der Waals surface area contributed by atoms with Crippen molar-refractivity contribution in [2.75, 3.05) is 19.7 Å². The second kappa shape index (κ2) is 7.23. The summed E-state index contributed by atoms with van der Waals surface area (Å²) in [6.45, 7) is 4.60. The van der Waals surface area contributed by atoms with Crippen molar-refractivity contribution in [2.24, 2.45) is 23.7 Å². The van der Waals surface area contributed by atoms with Gasteiger partial charge in [0.2, 0.25) is 0 Å². The van der Waals surface area contributed by atoms with Gasteiger partial charge in [0.15, 0.2) is 0 Å². The lowest BCUT2D eigenvalue weighted by Gasteiger charge is -2.38. The van der Waals surface area contributed by atoms with Crippen LogP contribution in [0, 0.1) is 23.7 Å². The highest BCUT2D eigenvalue weighted by atomic mass is 16.5. The number of fused-ring (bicyclic) bond motifs is 1. The predicted octanol–water partition coefficient (Wildman–Crippen LogP) is 3.80. The maximum absolute atomic E-state index is 12.7. The molecule has 2 amide bonds. The topological polar surface area (TPSA) is 41.6 Å². The number of carbonyl (C=O) groups excluding carboxylic acids is 1. The maximum atomic E-state index is 12.7. The van der Waals surface area contributed by atoms with Crippen LogP contribution in [0.5, 0.6) is 0 Å². The number of nitrogens with zero attached hydrogens (tertiary/aromatic N) is 1. The maximum Gasteiger partial charge on any atom is 0.317 e. The van der Waals surface area contributed by atoms with Crippen LogP contribution in [0.2, 0.25) is 0 Å². The Labute approximate surface area is 146 Å². The quantitative estimate of drug-likeness (QED) is 0.795. The Kier molecular flexibility index (Phi) is 5.03. The third kappa shape index (κ3) is 3.58. The average molecular weight is 335 g/mol. The molecular weight excluding hydrogens is 300 g/mol. The van der Waals surface area contributed by atoms with Crippen LogP contribution in [-0.2, 0) is 4.74 Å². The molecule has 0 spiro atoms. The van der Waals surface area contributed by atoms with Crippen molar-refractivity contribution >= 4 is 6.03 Å². The van der Waals surface area contributed by atoms with Gasteiger partial charge < -0.3 is 15.0 Å². The fraction of sp³-hybridized carbons (Fsp3) is 0.950. The first-order chi connectivity index (χ1) is 11.7. The Morgan fingerprint density at radius 3 is 2.50 bits per heavy atom. The van der Waals surface area contributed by atoms with Crippen molar-refractivity contribution < 1.29 is 9.53 Å². The normalized spacial score (nSPS) is 41.3. The summed E-state index contributed by atoms with van der Waals surface area (Å²) >= 11 is 0. The highest BCUT2D eigenvalue weighted by molar-refractivity contribution is 5.74. The van der Waals surface area contributed by atoms with E-state index < -0.39 is 0 Å². The van der Waals surface area contributed by atoms with E-state index in [0.29, 0.717) is 31.2 Å². The third-order valence-electron chi connectivity index (χ3n) is 7.11. The van der Waals surface area contributed by atoms with Gasteiger partial charge in [0.1, 0.15) is 0 Å². The molecule has 0 aromatic heterocycles. The van der Waals surface area contributed by atoms with E-state index in [1.165, 1.54) is 57.8 Å². The molecule has 5 aliphatic rings. The van der Waals surface area contributed by atoms with E-state index in [9.17, 15) is 4.79 Å². The third-order valence-corrected chi connectivity index (χ3v) is 7.11. The van der Waals surface area contributed by atoms with Gasteiger partial charge >= 0.3 is 6.03 Å². The molecule has 136 valence electrons. The lowest BCUT2D eigenvalue weighted by molar-refractivity contribution is -0.00287. The van der Waals surface area contributed by atoms with Gasteiger partial charge in [0.05, 0.1) is 12.7 Å². The molecule has 6 atom stereocenters. The first-order valence-electron chi connectivity index (χ1n) is 10.3. The summed E-state index contributed by atoms with van der Waals surface area (Å²) in [5, 5.41) is 3.14. The largest absolute Gasteiger partial charge is 0.376 e. The first kappa shape index (κ1) is 16.7. The lowest BCUT2D eigenvalue weighted by Crippen LogP contribution is -2.48. The van der Waals surface area contributed by atoms with E-state index in [4.69, 9.17) is 4.74 Å². The molecular formula is C20H34N2O2. The summed E-state index contributed by atoms with van der Waals surface area (Å²) in [6, 6.07) is 0.661. The summed E-state index contributed by atoms with van der Waals surface area (Å²) in [6.07, 6.45) is 12.2. The number of nitrogens with one attached hydrogen (secondary N) is 1. The Bertz CT molecular complexity index is 441. The standard InChI is InChI=1S/C20H34N2O2/c1-14-4-2-3-5-19(14)24-7-6-21-20(23)22-13-17-9-15-8-16(10-17)12-18(22)11-15/h14-19H,2-13H2,1H3,(H,21,23)/t14-,15-,16+,17?,18?,19+/m0/s1. The van der Waals surface area contributed by atoms with E-state index in [2.05, 4.69) is 17.1 Å². The smallest absolute Gasteiger partial charge is 0.317 e. The van der Waals surface area contributed by atoms with Crippen molar-refractivity contribution in [1.82, 2.24) is 10.2 Å². The average Bonchev–Trinajstić information content (AvgIpc) is 2.76. The fourth-order valence-electron chi connectivity index (χ4n) is 6.03. The van der Waals surface area contributed by atoms with E-state index in [1.54, 1.807) is 0 Å². The van der Waals surface area contributed by atoms with Gasteiger partial charge in [-0.05, 0) is 68.6 Å². The number of ether oxygens (including phenoxy) is 1. The van der Waals surface area contributed by atoms with Gasteiger partial charge in [0, 0.05) is 19.1 Å². The van der Waals surface area contributed by atoms with Crippen molar-refractivity contribution in [2.45, 2.75) is 76.9 Å². The van der Waals surface area contributed by atoms with Crippen LogP contribution in [-0.4, -0.2) is 42.8 Å². The minimum absolute atomic E-state index is 0.161. The molecule has 2 unspecified atom stereocenters. The van der Waals surface area contributed by atoms with Crippen LogP contribution in [0.3, 0.4) is 0 Å². The zero-order valence-electron chi connectivity index (χ0n) is 15.2. The van der Waals surface area contributed by atoms with Crippen molar-refractivity contribution in [3.63, 3.8) is 0 Å². The molecule has 5 rings (SSSR count). The minimum Gasteiger partial charge on any atom is -0.376 e. The highest BCUT2D eigenvalue weighted by Crippen LogP contribution is 2.47. The van der Waals surface area contributed by atoms with Crippen molar-refractivity contribution in [3.8, 4) is 0 Å². The van der Waals surface area contributed by atoms with Crippen LogP contribution in [0.4, 0.5) is 4.79 Å². The van der Waals surface area contributed by atoms with E-state index in [0.717, 1.165) is 24.3 Å². The van der Waals surface area contributed by atoms with Crippen LogP contribution in [0.1, 0.15) is 64.7 Å². The number of amides is 2. The summed E-state index contributed by atoms with van der Waals surface area (Å²) < 4.78 is 6.04. The molecule has 4 heteroatoms. The summed E-state index contributed by atoms with van der Waals surface area (Å²) in [7, 11) is 0. The van der Waals surface area contributed by atoms with Crippen LogP contribution in [0.25, 0.3) is 0 Å². The number of hydrogen-bond acceptors (Lipinski definition) is 2. The SMILES string of the molecule is C[C@H]1CCCC[C@H]1OCCNC(=O)N1CC2C[C@@H]3CC1C[C@H](C2)C3. The number of urea groups is 1. The van der Waals surface area contributed by atoms with Crippen LogP contribution < -0.4 is 5.32 Å². The van der Waals surface area contributed by atoms with Gasteiger partial charge in [0.25, 0.3) is 0 Å². The molecule has 2 aliphatic heterocycles. The zero-order valence-corrected chi connectivity index (χ0v) is 15.2.